The van der Waals surface area contributed by atoms with Crippen molar-refractivity contribution >= 4 is 29.7 Å². The fourth-order valence-electron chi connectivity index (χ4n) is 0.149. The van der Waals surface area contributed by atoms with Gasteiger partial charge < -0.3 is 9.42 Å². The minimum Gasteiger partial charge on any atom is -0.338 e. The minimum absolute atomic E-state index is 0.247. The molecule has 1 unspecified atom stereocenters. The summed E-state index contributed by atoms with van der Waals surface area (Å²) in [6.45, 7) is 0.247. The average Bonchev–Trinajstić information content (AvgIpc) is 1.59. The third-order valence-electron chi connectivity index (χ3n) is 0.377. The quantitative estimate of drug-likeness (QED) is 0.327. The summed E-state index contributed by atoms with van der Waals surface area (Å²) < 4.78 is 4.61. The zero-order valence-electron chi connectivity index (χ0n) is 4.37. The van der Waals surface area contributed by atoms with Gasteiger partial charge in [-0.25, -0.2) is 0 Å². The Balaban J connectivity index is 3.26. The summed E-state index contributed by atoms with van der Waals surface area (Å²) in [5, 5.41) is 2.65. The highest BCUT2D eigenvalue weighted by Crippen LogP contribution is 2.46. The maximum absolute atomic E-state index is 8.68. The van der Waals surface area contributed by atoms with E-state index in [4.69, 9.17) is 4.89 Å². The smallest absolute Gasteiger partial charge is 0.242 e. The Morgan fingerprint density at radius 1 is 2.00 bits per heavy atom. The average molecular weight is 173 g/mol. The first-order valence-corrected chi connectivity index (χ1v) is 5.73. The van der Waals surface area contributed by atoms with Gasteiger partial charge in [0.05, 0.1) is 0 Å². The Morgan fingerprint density at radius 3 is 2.62 bits per heavy atom. The molecule has 0 aromatic heterocycles. The maximum atomic E-state index is 8.68. The van der Waals surface area contributed by atoms with Crippen LogP contribution in [-0.4, -0.2) is 18.7 Å². The summed E-state index contributed by atoms with van der Waals surface area (Å²) in [4.78, 5) is 8.68. The van der Waals surface area contributed by atoms with Gasteiger partial charge in [-0.3, -0.25) is 5.32 Å². The van der Waals surface area contributed by atoms with Crippen molar-refractivity contribution in [3.8, 4) is 0 Å². The third kappa shape index (κ3) is 6.88. The lowest BCUT2D eigenvalue weighted by atomic mass is 11.2. The second-order valence-corrected chi connectivity index (χ2v) is 6.28. The predicted molar refractivity (Wildman–Crippen MR) is 40.5 cm³/mol. The van der Waals surface area contributed by atoms with Gasteiger partial charge in [0.15, 0.2) is 0 Å². The lowest BCUT2D eigenvalue weighted by molar-refractivity contribution is 0.300. The van der Waals surface area contributed by atoms with Gasteiger partial charge in [-0.1, -0.05) is 12.2 Å². The molecule has 0 saturated carbocycles. The molecule has 0 spiro atoms. The highest BCUT2D eigenvalue weighted by atomic mass is 32.9. The summed E-state index contributed by atoms with van der Waals surface area (Å²) in [6, 6.07) is 0. The van der Waals surface area contributed by atoms with Crippen LogP contribution < -0.4 is 5.32 Å². The molecule has 3 nitrogen and oxygen atoms in total. The molecule has 1 atom stereocenters. The molecular formula is C2H8NO2PS2. The minimum atomic E-state index is -2.72. The molecule has 6 heteroatoms. The van der Waals surface area contributed by atoms with Gasteiger partial charge in [0.25, 0.3) is 0 Å². The van der Waals surface area contributed by atoms with Crippen molar-refractivity contribution in [3.63, 3.8) is 0 Å². The first kappa shape index (κ1) is 8.88. The van der Waals surface area contributed by atoms with E-state index in [1.165, 1.54) is 0 Å². The fourth-order valence-corrected chi connectivity index (χ4v) is 0.777. The zero-order chi connectivity index (χ0) is 6.62. The lowest BCUT2D eigenvalue weighted by Gasteiger charge is -2.06. The lowest BCUT2D eigenvalue weighted by Crippen LogP contribution is -2.08. The van der Waals surface area contributed by atoms with E-state index in [2.05, 4.69) is 33.9 Å². The highest BCUT2D eigenvalue weighted by molar-refractivity contribution is 8.59. The molecule has 0 aliphatic carbocycles. The van der Waals surface area contributed by atoms with Crippen LogP contribution in [-0.2, 0) is 16.3 Å². The van der Waals surface area contributed by atoms with Gasteiger partial charge in [0.2, 0.25) is 5.69 Å². The third-order valence-corrected chi connectivity index (χ3v) is 1.51. The van der Waals surface area contributed by atoms with E-state index in [0.717, 1.165) is 0 Å². The van der Waals surface area contributed by atoms with Gasteiger partial charge in [0, 0.05) is 0 Å². The predicted octanol–water partition coefficient (Wildman–Crippen LogP) is 0.326. The van der Waals surface area contributed by atoms with Crippen LogP contribution >= 0.6 is 17.9 Å². The van der Waals surface area contributed by atoms with Crippen molar-refractivity contribution in [2.75, 3.05) is 13.8 Å². The van der Waals surface area contributed by atoms with E-state index < -0.39 is 5.69 Å². The van der Waals surface area contributed by atoms with E-state index in [9.17, 15) is 0 Å². The van der Waals surface area contributed by atoms with Crippen molar-refractivity contribution in [2.45, 2.75) is 0 Å². The van der Waals surface area contributed by atoms with E-state index in [-0.39, 0.29) is 6.73 Å². The van der Waals surface area contributed by atoms with Gasteiger partial charge in [0.1, 0.15) is 6.73 Å². The molecule has 0 bridgehead atoms. The van der Waals surface area contributed by atoms with E-state index in [0.29, 0.717) is 0 Å². The van der Waals surface area contributed by atoms with Crippen LogP contribution in [0.5, 0.6) is 0 Å². The molecule has 8 heavy (non-hydrogen) atoms. The molecule has 0 radical (unpaired) electrons. The highest BCUT2D eigenvalue weighted by Gasteiger charge is 2.02. The fraction of sp³-hybridized carbons (Fsp3) is 1.00. The number of rotatable bonds is 3. The Kier molecular flexibility index (Phi) is 4.24. The molecule has 50 valence electrons. The maximum Gasteiger partial charge on any atom is 0.242 e. The second-order valence-electron chi connectivity index (χ2n) is 1.12. The molecule has 0 aromatic carbocycles. The number of thiol groups is 1. The van der Waals surface area contributed by atoms with Gasteiger partial charge in [-0.15, -0.1) is 0 Å². The zero-order valence-corrected chi connectivity index (χ0v) is 6.97. The molecular weight excluding hydrogens is 165 g/mol. The molecule has 0 saturated heterocycles. The Morgan fingerprint density at radius 2 is 2.50 bits per heavy atom. The van der Waals surface area contributed by atoms with E-state index in [1.54, 1.807) is 7.05 Å². The van der Waals surface area contributed by atoms with Crippen LogP contribution in [0.2, 0.25) is 0 Å². The van der Waals surface area contributed by atoms with Crippen molar-refractivity contribution in [1.82, 2.24) is 5.32 Å². The first-order chi connectivity index (χ1) is 3.56. The summed E-state index contributed by atoms with van der Waals surface area (Å²) in [6.07, 6.45) is 0. The van der Waals surface area contributed by atoms with Gasteiger partial charge in [-0.05, 0) is 18.9 Å². The normalized spacial score (nSPS) is 17.9. The van der Waals surface area contributed by atoms with Crippen LogP contribution in [0.4, 0.5) is 0 Å². The van der Waals surface area contributed by atoms with Gasteiger partial charge in [-0.2, -0.15) is 0 Å². The van der Waals surface area contributed by atoms with Crippen LogP contribution in [0.1, 0.15) is 0 Å². The summed E-state index contributed by atoms with van der Waals surface area (Å²) in [5.74, 6) is 0. The van der Waals surface area contributed by atoms with E-state index >= 15 is 0 Å². The summed E-state index contributed by atoms with van der Waals surface area (Å²) in [7, 11) is 1.69. The SMILES string of the molecule is CNCOP(O)(=S)S. The molecule has 0 aliphatic heterocycles. The molecule has 0 aromatic rings. The number of hydrogen-bond acceptors (Lipinski definition) is 3. The molecule has 0 aliphatic rings. The standard InChI is InChI=1S/C2H8NO2PS2/c1-3-2-5-6(4,7)8/h3H,2H2,1H3,(H2,4,7,8). The monoisotopic (exact) mass is 173 g/mol. The molecule has 0 amide bonds. The van der Waals surface area contributed by atoms with Crippen molar-refractivity contribution in [2.24, 2.45) is 0 Å². The van der Waals surface area contributed by atoms with E-state index in [1.807, 2.05) is 0 Å². The van der Waals surface area contributed by atoms with Crippen LogP contribution in [0.3, 0.4) is 0 Å². The topological polar surface area (TPSA) is 41.5 Å². The Hall–Kier alpha value is 0.880. The van der Waals surface area contributed by atoms with Crippen molar-refractivity contribution in [1.29, 1.82) is 0 Å². The second kappa shape index (κ2) is 3.82. The number of hydrogen-bond donors (Lipinski definition) is 3. The summed E-state index contributed by atoms with van der Waals surface area (Å²) in [5.41, 5.74) is -2.72. The van der Waals surface area contributed by atoms with Gasteiger partial charge >= 0.3 is 0 Å². The van der Waals surface area contributed by atoms with Crippen molar-refractivity contribution in [3.05, 3.63) is 0 Å². The number of nitrogens with one attached hydrogen (secondary N) is 1. The Labute approximate surface area is 58.8 Å². The van der Waals surface area contributed by atoms with Crippen LogP contribution in [0.15, 0.2) is 0 Å². The van der Waals surface area contributed by atoms with Crippen molar-refractivity contribution < 1.29 is 9.42 Å². The molecule has 0 rings (SSSR count). The van der Waals surface area contributed by atoms with Crippen LogP contribution in [0, 0.1) is 0 Å². The summed E-state index contributed by atoms with van der Waals surface area (Å²) >= 11 is 8.03. The Bertz CT molecular complexity index is 102. The van der Waals surface area contributed by atoms with Crippen LogP contribution in [0.25, 0.3) is 0 Å². The first-order valence-electron chi connectivity index (χ1n) is 1.91. The molecule has 0 heterocycles. The molecule has 2 N–H and O–H groups in total. The largest absolute Gasteiger partial charge is 0.338 e. The molecule has 0 fully saturated rings.